The molecular formula is C20H28N4O. The Morgan fingerprint density at radius 3 is 2.76 bits per heavy atom. The lowest BCUT2D eigenvalue weighted by Gasteiger charge is -2.43. The normalized spacial score (nSPS) is 24.6. The quantitative estimate of drug-likeness (QED) is 0.906. The molecule has 5 heteroatoms. The number of fused-ring (bicyclic) bond motifs is 1. The molecule has 2 atom stereocenters. The predicted octanol–water partition coefficient (Wildman–Crippen LogP) is 2.21. The molecule has 2 aliphatic heterocycles. The third-order valence-corrected chi connectivity index (χ3v) is 5.79. The predicted molar refractivity (Wildman–Crippen MR) is 98.8 cm³/mol. The number of nitrogens with zero attached hydrogens (tertiary/aromatic N) is 4. The zero-order valence-corrected chi connectivity index (χ0v) is 15.0. The van der Waals surface area contributed by atoms with E-state index in [0.717, 1.165) is 37.6 Å². The Morgan fingerprint density at radius 1 is 1.20 bits per heavy atom. The maximum Gasteiger partial charge on any atom is 0.110 e. The standard InChI is InChI=1S/C20H28N4O/c1-16-21-9-11-24(16)18-6-4-17(5-7-18)13-23-15-19-3-2-10-22(19)14-20(23)8-12-25/h4-7,9,11,19-20,25H,2-3,8,10,12-15H2,1H3/t19?,20-/m0/s1. The first-order valence-electron chi connectivity index (χ1n) is 9.43. The SMILES string of the molecule is Cc1nccn1-c1ccc(CN2CC3CCCN3C[C@@H]2CCO)cc1. The van der Waals surface area contributed by atoms with Crippen molar-refractivity contribution in [2.75, 3.05) is 26.2 Å². The van der Waals surface area contributed by atoms with Crippen molar-refractivity contribution in [2.45, 2.75) is 44.8 Å². The highest BCUT2D eigenvalue weighted by atomic mass is 16.3. The van der Waals surface area contributed by atoms with Crippen molar-refractivity contribution < 1.29 is 5.11 Å². The van der Waals surface area contributed by atoms with E-state index in [2.05, 4.69) is 43.6 Å². The topological polar surface area (TPSA) is 44.5 Å². The molecule has 0 bridgehead atoms. The van der Waals surface area contributed by atoms with Crippen LogP contribution < -0.4 is 0 Å². The van der Waals surface area contributed by atoms with E-state index in [1.807, 2.05) is 19.3 Å². The van der Waals surface area contributed by atoms with E-state index < -0.39 is 0 Å². The van der Waals surface area contributed by atoms with Crippen LogP contribution in [0.1, 0.15) is 30.7 Å². The summed E-state index contributed by atoms with van der Waals surface area (Å²) in [4.78, 5) is 9.51. The van der Waals surface area contributed by atoms with Gasteiger partial charge in [0, 0.05) is 56.4 Å². The highest BCUT2D eigenvalue weighted by Crippen LogP contribution is 2.27. The number of hydrogen-bond donors (Lipinski definition) is 1. The van der Waals surface area contributed by atoms with Crippen molar-refractivity contribution in [3.8, 4) is 5.69 Å². The molecule has 0 saturated carbocycles. The van der Waals surface area contributed by atoms with Crippen LogP contribution in [0.15, 0.2) is 36.7 Å². The molecule has 134 valence electrons. The van der Waals surface area contributed by atoms with Gasteiger partial charge in [-0.3, -0.25) is 9.80 Å². The Balaban J connectivity index is 1.47. The number of benzene rings is 1. The van der Waals surface area contributed by atoms with Gasteiger partial charge in [-0.1, -0.05) is 12.1 Å². The molecular weight excluding hydrogens is 312 g/mol. The average Bonchev–Trinajstić information content (AvgIpc) is 3.24. The Bertz CT molecular complexity index is 696. The molecule has 4 rings (SSSR count). The summed E-state index contributed by atoms with van der Waals surface area (Å²) >= 11 is 0. The molecule has 5 nitrogen and oxygen atoms in total. The minimum absolute atomic E-state index is 0.276. The zero-order chi connectivity index (χ0) is 17.2. The molecule has 2 saturated heterocycles. The van der Waals surface area contributed by atoms with Crippen LogP contribution in [0.25, 0.3) is 5.69 Å². The van der Waals surface area contributed by atoms with Gasteiger partial charge in [0.15, 0.2) is 0 Å². The first kappa shape index (κ1) is 16.8. The van der Waals surface area contributed by atoms with Crippen LogP contribution in [-0.4, -0.2) is 62.8 Å². The van der Waals surface area contributed by atoms with E-state index in [-0.39, 0.29) is 6.61 Å². The number of aliphatic hydroxyl groups excluding tert-OH is 1. The Morgan fingerprint density at radius 2 is 2.04 bits per heavy atom. The van der Waals surface area contributed by atoms with E-state index in [9.17, 15) is 5.11 Å². The van der Waals surface area contributed by atoms with Crippen molar-refractivity contribution in [1.82, 2.24) is 19.4 Å². The molecule has 1 unspecified atom stereocenters. The minimum atomic E-state index is 0.276. The van der Waals surface area contributed by atoms with Crippen molar-refractivity contribution in [3.05, 3.63) is 48.0 Å². The third kappa shape index (κ3) is 3.50. The van der Waals surface area contributed by atoms with E-state index in [0.29, 0.717) is 12.1 Å². The zero-order valence-electron chi connectivity index (χ0n) is 15.0. The van der Waals surface area contributed by atoms with Crippen LogP contribution in [0, 0.1) is 6.92 Å². The van der Waals surface area contributed by atoms with Crippen molar-refractivity contribution in [3.63, 3.8) is 0 Å². The molecule has 3 heterocycles. The van der Waals surface area contributed by atoms with Crippen molar-refractivity contribution >= 4 is 0 Å². The van der Waals surface area contributed by atoms with Crippen LogP contribution in [0.5, 0.6) is 0 Å². The fourth-order valence-corrected chi connectivity index (χ4v) is 4.41. The molecule has 0 amide bonds. The first-order chi connectivity index (χ1) is 12.2. The van der Waals surface area contributed by atoms with Gasteiger partial charge in [-0.25, -0.2) is 4.98 Å². The molecule has 0 radical (unpaired) electrons. The second-order valence-corrected chi connectivity index (χ2v) is 7.40. The lowest BCUT2D eigenvalue weighted by molar-refractivity contribution is 0.0333. The van der Waals surface area contributed by atoms with E-state index in [4.69, 9.17) is 0 Å². The van der Waals surface area contributed by atoms with Gasteiger partial charge in [0.1, 0.15) is 5.82 Å². The van der Waals surface area contributed by atoms with E-state index >= 15 is 0 Å². The molecule has 0 aliphatic carbocycles. The van der Waals surface area contributed by atoms with Gasteiger partial charge in [-0.15, -0.1) is 0 Å². The van der Waals surface area contributed by atoms with Gasteiger partial charge in [0.2, 0.25) is 0 Å². The van der Waals surface area contributed by atoms with Crippen molar-refractivity contribution in [2.24, 2.45) is 0 Å². The van der Waals surface area contributed by atoms with E-state index in [1.54, 1.807) is 0 Å². The van der Waals surface area contributed by atoms with Gasteiger partial charge in [0.05, 0.1) is 0 Å². The summed E-state index contributed by atoms with van der Waals surface area (Å²) in [7, 11) is 0. The maximum atomic E-state index is 9.46. The third-order valence-electron chi connectivity index (χ3n) is 5.79. The monoisotopic (exact) mass is 340 g/mol. The molecule has 25 heavy (non-hydrogen) atoms. The summed E-state index contributed by atoms with van der Waals surface area (Å²) in [5.74, 6) is 1.01. The van der Waals surface area contributed by atoms with Gasteiger partial charge < -0.3 is 9.67 Å². The molecule has 1 aromatic carbocycles. The van der Waals surface area contributed by atoms with E-state index in [1.165, 1.54) is 24.9 Å². The van der Waals surface area contributed by atoms with Gasteiger partial charge in [-0.2, -0.15) is 0 Å². The Hall–Kier alpha value is -1.69. The van der Waals surface area contributed by atoms with Crippen LogP contribution >= 0.6 is 0 Å². The van der Waals surface area contributed by atoms with Crippen LogP contribution in [0.2, 0.25) is 0 Å². The number of rotatable bonds is 5. The number of aromatic nitrogens is 2. The summed E-state index contributed by atoms with van der Waals surface area (Å²) < 4.78 is 2.11. The fraction of sp³-hybridized carbons (Fsp3) is 0.550. The first-order valence-corrected chi connectivity index (χ1v) is 9.43. The van der Waals surface area contributed by atoms with Crippen LogP contribution in [-0.2, 0) is 6.54 Å². The smallest absolute Gasteiger partial charge is 0.110 e. The van der Waals surface area contributed by atoms with Gasteiger partial charge in [0.25, 0.3) is 0 Å². The summed E-state index contributed by atoms with van der Waals surface area (Å²) in [6.07, 6.45) is 7.35. The molecule has 0 spiro atoms. The van der Waals surface area contributed by atoms with Crippen LogP contribution in [0.3, 0.4) is 0 Å². The highest BCUT2D eigenvalue weighted by molar-refractivity contribution is 5.35. The lowest BCUT2D eigenvalue weighted by atomic mass is 10.0. The summed E-state index contributed by atoms with van der Waals surface area (Å²) in [6.45, 7) is 6.75. The Kier molecular flexibility index (Phi) is 4.88. The molecule has 1 N–H and O–H groups in total. The average molecular weight is 340 g/mol. The van der Waals surface area contributed by atoms with Gasteiger partial charge in [-0.05, 0) is 50.4 Å². The lowest BCUT2D eigenvalue weighted by Crippen LogP contribution is -2.55. The number of imidazole rings is 1. The number of piperazine rings is 1. The second kappa shape index (κ2) is 7.28. The Labute approximate surface area is 149 Å². The van der Waals surface area contributed by atoms with Crippen molar-refractivity contribution in [1.29, 1.82) is 0 Å². The second-order valence-electron chi connectivity index (χ2n) is 7.40. The maximum absolute atomic E-state index is 9.46. The number of aliphatic hydroxyl groups is 1. The molecule has 2 aromatic rings. The molecule has 2 fully saturated rings. The minimum Gasteiger partial charge on any atom is -0.396 e. The molecule has 1 aromatic heterocycles. The van der Waals surface area contributed by atoms with Gasteiger partial charge >= 0.3 is 0 Å². The number of aryl methyl sites for hydroxylation is 1. The van der Waals surface area contributed by atoms with Crippen LogP contribution in [0.4, 0.5) is 0 Å². The highest BCUT2D eigenvalue weighted by Gasteiger charge is 2.35. The fourth-order valence-electron chi connectivity index (χ4n) is 4.41. The summed E-state index contributed by atoms with van der Waals surface area (Å²) in [5, 5.41) is 9.46. The summed E-state index contributed by atoms with van der Waals surface area (Å²) in [6, 6.07) is 9.99. The molecule has 2 aliphatic rings. The largest absolute Gasteiger partial charge is 0.396 e. The summed E-state index contributed by atoms with van der Waals surface area (Å²) in [5.41, 5.74) is 2.50. The number of hydrogen-bond acceptors (Lipinski definition) is 4.